The lowest BCUT2D eigenvalue weighted by atomic mass is 9.72. The number of fused-ring (bicyclic) bond motifs is 4. The zero-order chi connectivity index (χ0) is 32.7. The number of aliphatic hydroxyl groups excluding tert-OH is 1. The van der Waals surface area contributed by atoms with Crippen LogP contribution in [0.25, 0.3) is 11.6 Å². The fourth-order valence-corrected chi connectivity index (χ4v) is 6.89. The molecule has 10 nitrogen and oxygen atoms in total. The number of carbonyl (C=O) groups excluding carboxylic acids is 2. The molecule has 2 aromatic carbocycles. The van der Waals surface area contributed by atoms with E-state index in [0.717, 1.165) is 5.56 Å². The summed E-state index contributed by atoms with van der Waals surface area (Å²) in [5, 5.41) is 17.1. The quantitative estimate of drug-likeness (QED) is 0.257. The van der Waals surface area contributed by atoms with Crippen molar-refractivity contribution in [3.8, 4) is 17.3 Å². The first kappa shape index (κ1) is 30.2. The highest BCUT2D eigenvalue weighted by molar-refractivity contribution is 5.89. The second-order valence-electron chi connectivity index (χ2n) is 14.1. The molecule has 2 aromatic heterocycles. The molecular formula is C35H37FN4O6. The lowest BCUT2D eigenvalue weighted by Crippen LogP contribution is -2.42. The van der Waals surface area contributed by atoms with E-state index in [-0.39, 0.29) is 36.4 Å². The van der Waals surface area contributed by atoms with E-state index in [1.165, 1.54) is 18.4 Å². The number of anilines is 1. The Morgan fingerprint density at radius 1 is 1.13 bits per heavy atom. The maximum absolute atomic E-state index is 15.1. The summed E-state index contributed by atoms with van der Waals surface area (Å²) in [5.74, 6) is -0.969. The maximum atomic E-state index is 15.1. The van der Waals surface area contributed by atoms with Crippen LogP contribution in [0.15, 0.2) is 51.5 Å². The topological polar surface area (TPSA) is 140 Å². The number of oxazole rings is 2. The highest BCUT2D eigenvalue weighted by Gasteiger charge is 2.61. The molecule has 5 heterocycles. The summed E-state index contributed by atoms with van der Waals surface area (Å²) in [6.45, 7) is 11.2. The van der Waals surface area contributed by atoms with Crippen molar-refractivity contribution >= 4 is 17.4 Å². The van der Waals surface area contributed by atoms with Gasteiger partial charge in [0.2, 0.25) is 17.7 Å². The minimum absolute atomic E-state index is 0.156. The second-order valence-corrected chi connectivity index (χ2v) is 14.1. The van der Waals surface area contributed by atoms with Crippen molar-refractivity contribution in [2.75, 3.05) is 5.32 Å². The maximum Gasteiger partial charge on any atom is 0.249 e. The fourth-order valence-electron chi connectivity index (χ4n) is 6.89. The highest BCUT2D eigenvalue weighted by atomic mass is 19.1. The molecule has 0 fully saturated rings. The minimum atomic E-state index is -1.21. The third-order valence-electron chi connectivity index (χ3n) is 9.28. The Balaban J connectivity index is 1.51. The van der Waals surface area contributed by atoms with Crippen LogP contribution in [0.2, 0.25) is 0 Å². The fraction of sp³-hybridized carbons (Fsp3) is 0.429. The summed E-state index contributed by atoms with van der Waals surface area (Å²) in [5.41, 5.74) is 1.86. The van der Waals surface area contributed by atoms with Gasteiger partial charge in [0.15, 0.2) is 23.5 Å². The molecule has 2 unspecified atom stereocenters. The van der Waals surface area contributed by atoms with Gasteiger partial charge in [-0.25, -0.2) is 14.4 Å². The van der Waals surface area contributed by atoms with Crippen LogP contribution in [-0.2, 0) is 21.4 Å². The van der Waals surface area contributed by atoms with Gasteiger partial charge in [0.25, 0.3) is 0 Å². The van der Waals surface area contributed by atoms with Crippen LogP contribution in [0.3, 0.4) is 0 Å². The number of aromatic nitrogens is 2. The zero-order valence-electron chi connectivity index (χ0n) is 26.6. The Morgan fingerprint density at radius 2 is 1.91 bits per heavy atom. The molecule has 3 aliphatic heterocycles. The molecule has 0 radical (unpaired) electrons. The van der Waals surface area contributed by atoms with Gasteiger partial charge in [0.1, 0.15) is 35.4 Å². The van der Waals surface area contributed by atoms with Gasteiger partial charge in [-0.1, -0.05) is 46.8 Å². The Hall–Kier alpha value is -4.51. The number of hydrogen-bond acceptors (Lipinski definition) is 9. The van der Waals surface area contributed by atoms with Gasteiger partial charge in [-0.3, -0.25) is 9.59 Å². The summed E-state index contributed by atoms with van der Waals surface area (Å²) in [7, 11) is 0. The van der Waals surface area contributed by atoms with E-state index in [9.17, 15) is 14.7 Å². The number of ether oxygens (including phenoxy) is 1. The molecule has 1 amide bonds. The number of carbonyl (C=O) groups is 2. The summed E-state index contributed by atoms with van der Waals surface area (Å²) in [6, 6.07) is 9.40. The number of halogens is 1. The van der Waals surface area contributed by atoms with Crippen molar-refractivity contribution in [1.82, 2.24) is 15.3 Å². The first-order chi connectivity index (χ1) is 21.8. The van der Waals surface area contributed by atoms with Gasteiger partial charge in [-0.05, 0) is 54.5 Å². The number of aryl methyl sites for hydroxylation is 1. The number of rotatable bonds is 5. The van der Waals surface area contributed by atoms with Gasteiger partial charge < -0.3 is 29.3 Å². The van der Waals surface area contributed by atoms with E-state index in [1.54, 1.807) is 26.8 Å². The molecule has 0 saturated carbocycles. The first-order valence-electron chi connectivity index (χ1n) is 15.6. The smallest absolute Gasteiger partial charge is 0.249 e. The number of nitrogens with one attached hydrogen (secondary N) is 2. The van der Waals surface area contributed by atoms with Crippen LogP contribution >= 0.6 is 0 Å². The van der Waals surface area contributed by atoms with E-state index in [2.05, 4.69) is 15.6 Å². The lowest BCUT2D eigenvalue weighted by molar-refractivity contribution is -0.135. The van der Waals surface area contributed by atoms with Gasteiger partial charge in [-0.2, -0.15) is 0 Å². The standard InChI is InChI=1S/C35H37FN4O6/c1-16(2)27(42)24(41)13-19-11-18-7-10-25-22(12-18)35(21-14-20(36)8-9-23(21)38-33(35)45-25)29-26(31-37-17(3)15-44-31)39-32(46-29)28(34(4,5)6)40-30(19)43/h7-10,12,14-16,19,27-28,33,38,42H,11,13H2,1-6H3,(H,40,43)/t19?,27-,28+,33?,35-/m0/s1. The third kappa shape index (κ3) is 4.62. The zero-order valence-corrected chi connectivity index (χ0v) is 26.6. The summed E-state index contributed by atoms with van der Waals surface area (Å²) < 4.78 is 34.3. The predicted molar refractivity (Wildman–Crippen MR) is 166 cm³/mol. The lowest BCUT2D eigenvalue weighted by Gasteiger charge is -2.32. The molecule has 46 heavy (non-hydrogen) atoms. The Labute approximate surface area is 265 Å². The molecular weight excluding hydrogens is 591 g/mol. The summed E-state index contributed by atoms with van der Waals surface area (Å²) >= 11 is 0. The van der Waals surface area contributed by atoms with Crippen molar-refractivity contribution in [2.24, 2.45) is 17.3 Å². The van der Waals surface area contributed by atoms with Crippen molar-refractivity contribution < 1.29 is 32.7 Å². The van der Waals surface area contributed by atoms with Gasteiger partial charge in [-0.15, -0.1) is 0 Å². The van der Waals surface area contributed by atoms with Gasteiger partial charge >= 0.3 is 0 Å². The minimum Gasteiger partial charge on any atom is -0.469 e. The molecule has 1 spiro atoms. The number of ketones is 1. The highest BCUT2D eigenvalue weighted by Crippen LogP contribution is 2.59. The van der Waals surface area contributed by atoms with Crippen molar-refractivity contribution in [1.29, 1.82) is 0 Å². The van der Waals surface area contributed by atoms with Crippen molar-refractivity contribution in [2.45, 2.75) is 78.2 Å². The van der Waals surface area contributed by atoms with E-state index >= 15 is 4.39 Å². The number of hydrogen-bond donors (Lipinski definition) is 3. The van der Waals surface area contributed by atoms with Crippen molar-refractivity contribution in [3.05, 3.63) is 82.5 Å². The molecule has 0 aliphatic carbocycles. The summed E-state index contributed by atoms with van der Waals surface area (Å²) in [4.78, 5) is 36.8. The number of Topliss-reactive ketones (excluding diaryl/α,β-unsaturated/α-hetero) is 1. The Morgan fingerprint density at radius 3 is 2.61 bits per heavy atom. The number of amides is 1. The number of aliphatic hydroxyl groups is 1. The first-order valence-corrected chi connectivity index (χ1v) is 15.6. The van der Waals surface area contributed by atoms with Crippen LogP contribution in [0.1, 0.15) is 81.1 Å². The van der Waals surface area contributed by atoms with E-state index in [4.69, 9.17) is 18.6 Å². The second kappa shape index (κ2) is 10.5. The van der Waals surface area contributed by atoms with E-state index in [1.807, 2.05) is 39.0 Å². The normalized spacial score (nSPS) is 23.8. The predicted octanol–water partition coefficient (Wildman–Crippen LogP) is 5.61. The third-order valence-corrected chi connectivity index (χ3v) is 9.28. The molecule has 0 saturated heterocycles. The molecule has 7 rings (SSSR count). The molecule has 3 N–H and O–H groups in total. The molecule has 4 aromatic rings. The van der Waals surface area contributed by atoms with Crippen LogP contribution < -0.4 is 15.4 Å². The van der Waals surface area contributed by atoms with Crippen molar-refractivity contribution in [3.63, 3.8) is 0 Å². The molecule has 11 heteroatoms. The Bertz CT molecular complexity index is 1870. The average molecular weight is 629 g/mol. The van der Waals surface area contributed by atoms with Gasteiger partial charge in [0.05, 0.1) is 5.69 Å². The average Bonchev–Trinajstić information content (AvgIpc) is 3.75. The summed E-state index contributed by atoms with van der Waals surface area (Å²) in [6.07, 6.45) is -0.340. The van der Waals surface area contributed by atoms with Gasteiger partial charge in [0, 0.05) is 29.2 Å². The van der Waals surface area contributed by atoms with Crippen LogP contribution in [0.4, 0.5) is 10.1 Å². The van der Waals surface area contributed by atoms with Crippen LogP contribution in [-0.4, -0.2) is 39.1 Å². The molecule has 3 aliphatic rings. The SMILES string of the molecule is Cc1coc(-c2nc3oc2[C@@]24c5cc(F)ccc5NC2Oc2ccc(cc24)CC(CC(=O)[C@@H](O)C(C)C)C(=O)N[C@H]3C(C)(C)C)n1. The Kier molecular flexibility index (Phi) is 6.89. The van der Waals surface area contributed by atoms with Crippen LogP contribution in [0.5, 0.6) is 5.75 Å². The van der Waals surface area contributed by atoms with Crippen LogP contribution in [0, 0.1) is 30.0 Å². The number of nitrogens with zero attached hydrogens (tertiary/aromatic N) is 2. The monoisotopic (exact) mass is 628 g/mol. The number of benzene rings is 2. The molecule has 240 valence electrons. The molecule has 4 bridgehead atoms. The van der Waals surface area contributed by atoms with E-state index < -0.39 is 46.7 Å². The molecule has 5 atom stereocenters. The van der Waals surface area contributed by atoms with E-state index in [0.29, 0.717) is 39.7 Å². The largest absolute Gasteiger partial charge is 0.469 e.